The van der Waals surface area contributed by atoms with Gasteiger partial charge in [-0.15, -0.1) is 0 Å². The van der Waals surface area contributed by atoms with Gasteiger partial charge in [-0.05, 0) is 26.3 Å². The van der Waals surface area contributed by atoms with Crippen LogP contribution in [0.3, 0.4) is 0 Å². The summed E-state index contributed by atoms with van der Waals surface area (Å²) >= 11 is 0. The van der Waals surface area contributed by atoms with Gasteiger partial charge in [0, 0.05) is 30.6 Å². The van der Waals surface area contributed by atoms with Crippen molar-refractivity contribution in [3.05, 3.63) is 39.7 Å². The molecule has 1 aliphatic heterocycles. The average Bonchev–Trinajstić information content (AvgIpc) is 2.42. The van der Waals surface area contributed by atoms with Gasteiger partial charge in [0.2, 0.25) is 5.82 Å². The Hall–Kier alpha value is -1.82. The fourth-order valence-corrected chi connectivity index (χ4v) is 2.88. The highest BCUT2D eigenvalue weighted by atomic mass is 19.1. The number of likely N-dealkylation sites (tertiary alicyclic amines) is 1. The monoisotopic (exact) mass is 294 g/mol. The molecule has 0 aliphatic carbocycles. The summed E-state index contributed by atoms with van der Waals surface area (Å²) in [5.74, 6) is -0.652. The van der Waals surface area contributed by atoms with Crippen LogP contribution in [0.25, 0.3) is 0 Å². The summed E-state index contributed by atoms with van der Waals surface area (Å²) in [6, 6.07) is 4.35. The van der Waals surface area contributed by atoms with E-state index in [1.807, 2.05) is 0 Å². The highest BCUT2D eigenvalue weighted by molar-refractivity contribution is 5.76. The highest BCUT2D eigenvalue weighted by Gasteiger charge is 2.26. The number of carbonyl (C=O) groups is 1. The summed E-state index contributed by atoms with van der Waals surface area (Å²) in [4.78, 5) is 23.5. The summed E-state index contributed by atoms with van der Waals surface area (Å²) in [6.07, 6.45) is 3.43. The second kappa shape index (κ2) is 6.76. The number of nitro benzene ring substituents is 1. The number of benzene rings is 1. The summed E-state index contributed by atoms with van der Waals surface area (Å²) in [6.45, 7) is 2.66. The zero-order valence-corrected chi connectivity index (χ0v) is 12.0. The van der Waals surface area contributed by atoms with Crippen LogP contribution in [0.4, 0.5) is 10.1 Å². The number of halogens is 1. The molecule has 0 saturated carbocycles. The zero-order valence-electron chi connectivity index (χ0n) is 12.0. The van der Waals surface area contributed by atoms with Crippen LogP contribution in [-0.2, 0) is 11.3 Å². The van der Waals surface area contributed by atoms with Crippen molar-refractivity contribution in [3.8, 4) is 0 Å². The number of Topliss-reactive ketones (excluding diaryl/α,β-unsaturated/α-hetero) is 1. The Morgan fingerprint density at radius 3 is 2.90 bits per heavy atom. The lowest BCUT2D eigenvalue weighted by Crippen LogP contribution is -2.40. The van der Waals surface area contributed by atoms with Crippen molar-refractivity contribution in [1.29, 1.82) is 0 Å². The maximum atomic E-state index is 14.1. The van der Waals surface area contributed by atoms with Crippen LogP contribution >= 0.6 is 0 Å². The second-order valence-corrected chi connectivity index (χ2v) is 5.53. The van der Waals surface area contributed by atoms with Gasteiger partial charge in [0.1, 0.15) is 5.78 Å². The first kappa shape index (κ1) is 15.6. The maximum Gasteiger partial charge on any atom is 0.305 e. The maximum absolute atomic E-state index is 14.1. The first-order valence-corrected chi connectivity index (χ1v) is 7.14. The van der Waals surface area contributed by atoms with Crippen molar-refractivity contribution in [2.45, 2.75) is 45.2 Å². The molecule has 0 bridgehead atoms. The molecule has 1 unspecified atom stereocenters. The number of ketones is 1. The van der Waals surface area contributed by atoms with E-state index in [0.717, 1.165) is 25.8 Å². The Bertz CT molecular complexity index is 548. The number of hydrogen-bond acceptors (Lipinski definition) is 4. The number of piperidine rings is 1. The summed E-state index contributed by atoms with van der Waals surface area (Å²) < 4.78 is 14.1. The van der Waals surface area contributed by atoms with Crippen molar-refractivity contribution in [2.75, 3.05) is 6.54 Å². The summed E-state index contributed by atoms with van der Waals surface area (Å²) in [7, 11) is 0. The fraction of sp³-hybridized carbons (Fsp3) is 0.533. The molecule has 21 heavy (non-hydrogen) atoms. The molecule has 1 saturated heterocycles. The van der Waals surface area contributed by atoms with Gasteiger partial charge in [-0.25, -0.2) is 0 Å². The molecule has 0 aromatic heterocycles. The van der Waals surface area contributed by atoms with Crippen molar-refractivity contribution >= 4 is 11.5 Å². The van der Waals surface area contributed by atoms with E-state index < -0.39 is 16.4 Å². The summed E-state index contributed by atoms with van der Waals surface area (Å²) in [5.41, 5.74) is -0.174. The molecular weight excluding hydrogens is 275 g/mol. The molecule has 2 rings (SSSR count). The Kier molecular flexibility index (Phi) is 5.01. The minimum atomic E-state index is -0.769. The van der Waals surface area contributed by atoms with Crippen LogP contribution in [0.15, 0.2) is 18.2 Å². The van der Waals surface area contributed by atoms with Gasteiger partial charge in [0.15, 0.2) is 0 Å². The third-order valence-electron chi connectivity index (χ3n) is 3.90. The Morgan fingerprint density at radius 1 is 1.48 bits per heavy atom. The van der Waals surface area contributed by atoms with Gasteiger partial charge >= 0.3 is 5.69 Å². The summed E-state index contributed by atoms with van der Waals surface area (Å²) in [5, 5.41) is 10.8. The Balaban J connectivity index is 2.17. The van der Waals surface area contributed by atoms with Crippen LogP contribution in [0.5, 0.6) is 0 Å². The first-order chi connectivity index (χ1) is 9.99. The molecule has 1 atom stereocenters. The normalized spacial score (nSPS) is 19.4. The lowest BCUT2D eigenvalue weighted by Gasteiger charge is -2.35. The largest absolute Gasteiger partial charge is 0.305 e. The second-order valence-electron chi connectivity index (χ2n) is 5.53. The van der Waals surface area contributed by atoms with Crippen molar-refractivity contribution in [1.82, 2.24) is 4.90 Å². The number of carbonyl (C=O) groups excluding carboxylic acids is 1. The first-order valence-electron chi connectivity index (χ1n) is 7.14. The lowest BCUT2D eigenvalue weighted by atomic mass is 9.97. The van der Waals surface area contributed by atoms with Gasteiger partial charge in [-0.3, -0.25) is 19.8 Å². The highest BCUT2D eigenvalue weighted by Crippen LogP contribution is 2.26. The molecule has 0 N–H and O–H groups in total. The predicted octanol–water partition coefficient (Wildman–Crippen LogP) is 3.07. The van der Waals surface area contributed by atoms with Crippen LogP contribution in [-0.4, -0.2) is 28.2 Å². The Morgan fingerprint density at radius 2 is 2.24 bits per heavy atom. The molecule has 0 spiro atoms. The minimum absolute atomic E-state index is 0.106. The molecule has 114 valence electrons. The third-order valence-corrected chi connectivity index (χ3v) is 3.90. The zero-order chi connectivity index (χ0) is 15.4. The molecule has 5 nitrogen and oxygen atoms in total. The molecule has 0 amide bonds. The average molecular weight is 294 g/mol. The molecule has 1 heterocycles. The lowest BCUT2D eigenvalue weighted by molar-refractivity contribution is -0.387. The van der Waals surface area contributed by atoms with Gasteiger partial charge in [0.25, 0.3) is 0 Å². The van der Waals surface area contributed by atoms with E-state index in [2.05, 4.69) is 4.90 Å². The minimum Gasteiger partial charge on any atom is -0.300 e. The molecular formula is C15H19FN2O3. The van der Waals surface area contributed by atoms with E-state index in [-0.39, 0.29) is 11.8 Å². The van der Waals surface area contributed by atoms with Crippen LogP contribution < -0.4 is 0 Å². The van der Waals surface area contributed by atoms with E-state index in [0.29, 0.717) is 18.5 Å². The molecule has 1 fully saturated rings. The van der Waals surface area contributed by atoms with E-state index in [9.17, 15) is 19.3 Å². The number of nitrogens with zero attached hydrogens (tertiary/aromatic N) is 2. The SMILES string of the molecule is CC(=O)CC1CCCCN1Cc1cccc([N+](=O)[O-])c1F. The smallest absolute Gasteiger partial charge is 0.300 e. The van der Waals surface area contributed by atoms with Crippen LogP contribution in [0.1, 0.15) is 38.2 Å². The number of hydrogen-bond donors (Lipinski definition) is 0. The molecule has 6 heteroatoms. The molecule has 0 radical (unpaired) electrons. The van der Waals surface area contributed by atoms with Gasteiger partial charge < -0.3 is 0 Å². The van der Waals surface area contributed by atoms with Crippen LogP contribution in [0.2, 0.25) is 0 Å². The third kappa shape index (κ3) is 3.85. The van der Waals surface area contributed by atoms with Crippen molar-refractivity contribution < 1.29 is 14.1 Å². The van der Waals surface area contributed by atoms with Gasteiger partial charge in [-0.2, -0.15) is 4.39 Å². The topological polar surface area (TPSA) is 63.5 Å². The quantitative estimate of drug-likeness (QED) is 0.618. The van der Waals surface area contributed by atoms with E-state index in [1.54, 1.807) is 13.0 Å². The van der Waals surface area contributed by atoms with E-state index in [1.165, 1.54) is 12.1 Å². The predicted molar refractivity (Wildman–Crippen MR) is 76.4 cm³/mol. The molecule has 1 aliphatic rings. The standard InChI is InChI=1S/C15H19FN2O3/c1-11(19)9-13-6-2-3-8-17(13)10-12-5-4-7-14(15(12)16)18(20)21/h4-5,7,13H,2-3,6,8-10H2,1H3. The van der Waals surface area contributed by atoms with E-state index >= 15 is 0 Å². The van der Waals surface area contributed by atoms with Crippen molar-refractivity contribution in [3.63, 3.8) is 0 Å². The Labute approximate surface area is 122 Å². The van der Waals surface area contributed by atoms with Crippen LogP contribution in [0, 0.1) is 15.9 Å². The number of rotatable bonds is 5. The number of nitro groups is 1. The molecule has 1 aromatic rings. The fourth-order valence-electron chi connectivity index (χ4n) is 2.88. The molecule has 1 aromatic carbocycles. The van der Waals surface area contributed by atoms with Gasteiger partial charge in [-0.1, -0.05) is 18.6 Å². The van der Waals surface area contributed by atoms with Gasteiger partial charge in [0.05, 0.1) is 4.92 Å². The van der Waals surface area contributed by atoms with E-state index in [4.69, 9.17) is 0 Å². The van der Waals surface area contributed by atoms with Crippen molar-refractivity contribution in [2.24, 2.45) is 0 Å².